The summed E-state index contributed by atoms with van der Waals surface area (Å²) in [6, 6.07) is 14.2. The maximum atomic E-state index is 13.3. The van der Waals surface area contributed by atoms with Crippen LogP contribution in [0, 0.1) is 5.82 Å². The molecule has 0 radical (unpaired) electrons. The van der Waals surface area contributed by atoms with E-state index in [1.807, 2.05) is 29.2 Å². The van der Waals surface area contributed by atoms with Crippen molar-refractivity contribution in [1.82, 2.24) is 4.90 Å². The molecule has 4 heteroatoms. The van der Waals surface area contributed by atoms with Gasteiger partial charge in [-0.2, -0.15) is 0 Å². The highest BCUT2D eigenvalue weighted by Crippen LogP contribution is 2.33. The number of nitrogens with zero attached hydrogens (tertiary/aromatic N) is 1. The zero-order chi connectivity index (χ0) is 16.2. The van der Waals surface area contributed by atoms with Crippen LogP contribution in [-0.2, 0) is 11.2 Å². The van der Waals surface area contributed by atoms with Gasteiger partial charge in [0.1, 0.15) is 11.6 Å². The highest BCUT2D eigenvalue weighted by molar-refractivity contribution is 5.79. The van der Waals surface area contributed by atoms with Gasteiger partial charge in [-0.15, -0.1) is 0 Å². The number of amides is 1. The maximum absolute atomic E-state index is 13.3. The van der Waals surface area contributed by atoms with Gasteiger partial charge in [0.15, 0.2) is 0 Å². The lowest BCUT2D eigenvalue weighted by Gasteiger charge is -2.25. The lowest BCUT2D eigenvalue weighted by Crippen LogP contribution is -2.31. The summed E-state index contributed by atoms with van der Waals surface area (Å²) in [6.45, 7) is 0.755. The number of halogens is 1. The summed E-state index contributed by atoms with van der Waals surface area (Å²) in [5.74, 6) is 0.557. The number of ether oxygens (including phenoxy) is 1. The van der Waals surface area contributed by atoms with E-state index in [9.17, 15) is 9.18 Å². The van der Waals surface area contributed by atoms with Gasteiger partial charge in [-0.1, -0.05) is 24.3 Å². The van der Waals surface area contributed by atoms with E-state index in [4.69, 9.17) is 4.74 Å². The SMILES string of the molecule is COc1ccc([C@@H]2CCCN2C(=O)Cc2cccc(F)c2)cc1. The molecule has 0 saturated carbocycles. The van der Waals surface area contributed by atoms with E-state index in [1.165, 1.54) is 12.1 Å². The summed E-state index contributed by atoms with van der Waals surface area (Å²) in [6.07, 6.45) is 2.19. The van der Waals surface area contributed by atoms with E-state index in [0.717, 1.165) is 36.3 Å². The van der Waals surface area contributed by atoms with Gasteiger partial charge >= 0.3 is 0 Å². The highest BCUT2D eigenvalue weighted by atomic mass is 19.1. The quantitative estimate of drug-likeness (QED) is 0.860. The fraction of sp³-hybridized carbons (Fsp3) is 0.316. The molecular formula is C19H20FNO2. The Balaban J connectivity index is 1.73. The zero-order valence-electron chi connectivity index (χ0n) is 13.2. The number of hydrogen-bond acceptors (Lipinski definition) is 2. The van der Waals surface area contributed by atoms with Crippen LogP contribution in [-0.4, -0.2) is 24.5 Å². The molecule has 2 aromatic carbocycles. The third kappa shape index (κ3) is 3.52. The Kier molecular flexibility index (Phi) is 4.60. The normalized spacial score (nSPS) is 17.3. The average Bonchev–Trinajstić information content (AvgIpc) is 3.05. The molecule has 120 valence electrons. The minimum absolute atomic E-state index is 0.0499. The Labute approximate surface area is 135 Å². The van der Waals surface area contributed by atoms with Crippen LogP contribution in [0.5, 0.6) is 5.75 Å². The van der Waals surface area contributed by atoms with Crippen molar-refractivity contribution in [2.24, 2.45) is 0 Å². The van der Waals surface area contributed by atoms with Gasteiger partial charge in [-0.25, -0.2) is 4.39 Å². The van der Waals surface area contributed by atoms with Crippen LogP contribution in [0.25, 0.3) is 0 Å². The summed E-state index contributed by atoms with van der Waals surface area (Å²) in [7, 11) is 1.64. The molecule has 0 aliphatic carbocycles. The van der Waals surface area contributed by atoms with E-state index in [-0.39, 0.29) is 24.2 Å². The fourth-order valence-corrected chi connectivity index (χ4v) is 3.16. The molecule has 0 unspecified atom stereocenters. The van der Waals surface area contributed by atoms with Crippen molar-refractivity contribution >= 4 is 5.91 Å². The first-order valence-corrected chi connectivity index (χ1v) is 7.85. The highest BCUT2D eigenvalue weighted by Gasteiger charge is 2.29. The van der Waals surface area contributed by atoms with Crippen LogP contribution >= 0.6 is 0 Å². The molecule has 1 atom stereocenters. The van der Waals surface area contributed by atoms with Crippen LogP contribution in [0.2, 0.25) is 0 Å². The molecule has 0 bridgehead atoms. The smallest absolute Gasteiger partial charge is 0.227 e. The van der Waals surface area contributed by atoms with Crippen LogP contribution in [0.1, 0.15) is 30.0 Å². The average molecular weight is 313 g/mol. The predicted molar refractivity (Wildman–Crippen MR) is 86.8 cm³/mol. The molecule has 1 heterocycles. The Morgan fingerprint density at radius 3 is 2.74 bits per heavy atom. The largest absolute Gasteiger partial charge is 0.497 e. The molecule has 1 saturated heterocycles. The summed E-state index contributed by atoms with van der Waals surface area (Å²) in [5, 5.41) is 0. The van der Waals surface area contributed by atoms with E-state index in [2.05, 4.69) is 0 Å². The Bertz CT molecular complexity index is 684. The third-order valence-electron chi connectivity index (χ3n) is 4.32. The third-order valence-corrected chi connectivity index (χ3v) is 4.32. The Hall–Kier alpha value is -2.36. The molecule has 1 amide bonds. The number of likely N-dealkylation sites (tertiary alicyclic amines) is 1. The monoisotopic (exact) mass is 313 g/mol. The van der Waals surface area contributed by atoms with Crippen LogP contribution in [0.4, 0.5) is 4.39 Å². The van der Waals surface area contributed by atoms with Crippen molar-refractivity contribution in [3.05, 3.63) is 65.5 Å². The first-order valence-electron chi connectivity index (χ1n) is 7.85. The zero-order valence-corrected chi connectivity index (χ0v) is 13.2. The van der Waals surface area contributed by atoms with E-state index < -0.39 is 0 Å². The predicted octanol–water partition coefficient (Wildman–Crippen LogP) is 3.74. The van der Waals surface area contributed by atoms with Crippen LogP contribution in [0.15, 0.2) is 48.5 Å². The minimum Gasteiger partial charge on any atom is -0.497 e. The number of rotatable bonds is 4. The second-order valence-electron chi connectivity index (χ2n) is 5.83. The van der Waals surface area contributed by atoms with Crippen molar-refractivity contribution in [1.29, 1.82) is 0 Å². The van der Waals surface area contributed by atoms with Crippen molar-refractivity contribution < 1.29 is 13.9 Å². The molecule has 1 fully saturated rings. The molecule has 1 aliphatic heterocycles. The van der Waals surface area contributed by atoms with Gasteiger partial charge in [-0.05, 0) is 48.2 Å². The molecule has 2 aromatic rings. The molecular weight excluding hydrogens is 293 g/mol. The first kappa shape index (κ1) is 15.5. The number of benzene rings is 2. The molecule has 0 N–H and O–H groups in total. The number of hydrogen-bond donors (Lipinski definition) is 0. The van der Waals surface area contributed by atoms with Gasteiger partial charge in [0.25, 0.3) is 0 Å². The van der Waals surface area contributed by atoms with Crippen molar-refractivity contribution in [2.75, 3.05) is 13.7 Å². The molecule has 1 aliphatic rings. The topological polar surface area (TPSA) is 29.5 Å². The summed E-state index contributed by atoms with van der Waals surface area (Å²) >= 11 is 0. The van der Waals surface area contributed by atoms with Crippen molar-refractivity contribution in [3.8, 4) is 5.75 Å². The summed E-state index contributed by atoms with van der Waals surface area (Å²) in [4.78, 5) is 14.5. The van der Waals surface area contributed by atoms with Crippen LogP contribution < -0.4 is 4.74 Å². The van der Waals surface area contributed by atoms with Crippen molar-refractivity contribution in [3.63, 3.8) is 0 Å². The van der Waals surface area contributed by atoms with Gasteiger partial charge in [0, 0.05) is 6.54 Å². The molecule has 0 aromatic heterocycles. The van der Waals surface area contributed by atoms with E-state index in [1.54, 1.807) is 19.2 Å². The lowest BCUT2D eigenvalue weighted by atomic mass is 10.0. The van der Waals surface area contributed by atoms with Gasteiger partial charge in [0.05, 0.1) is 19.6 Å². The Morgan fingerprint density at radius 1 is 1.26 bits per heavy atom. The van der Waals surface area contributed by atoms with E-state index >= 15 is 0 Å². The number of carbonyl (C=O) groups excluding carboxylic acids is 1. The number of methoxy groups -OCH3 is 1. The second-order valence-corrected chi connectivity index (χ2v) is 5.83. The minimum atomic E-state index is -0.302. The summed E-state index contributed by atoms with van der Waals surface area (Å²) in [5.41, 5.74) is 1.84. The van der Waals surface area contributed by atoms with Gasteiger partial charge < -0.3 is 9.64 Å². The van der Waals surface area contributed by atoms with Crippen molar-refractivity contribution in [2.45, 2.75) is 25.3 Å². The Morgan fingerprint density at radius 2 is 2.04 bits per heavy atom. The number of carbonyl (C=O) groups is 1. The van der Waals surface area contributed by atoms with Gasteiger partial charge in [0.2, 0.25) is 5.91 Å². The standard InChI is InChI=1S/C19H20FNO2/c1-23-17-9-7-15(8-10-17)18-6-3-11-21(18)19(22)13-14-4-2-5-16(20)12-14/h2,4-5,7-10,12,18H,3,6,11,13H2,1H3/t18-/m0/s1. The molecule has 3 rings (SSSR count). The fourth-order valence-electron chi connectivity index (χ4n) is 3.16. The first-order chi connectivity index (χ1) is 11.2. The molecule has 3 nitrogen and oxygen atoms in total. The van der Waals surface area contributed by atoms with Gasteiger partial charge in [-0.3, -0.25) is 4.79 Å². The second kappa shape index (κ2) is 6.82. The molecule has 0 spiro atoms. The van der Waals surface area contributed by atoms with Crippen LogP contribution in [0.3, 0.4) is 0 Å². The molecule has 23 heavy (non-hydrogen) atoms. The van der Waals surface area contributed by atoms with E-state index in [0.29, 0.717) is 0 Å². The maximum Gasteiger partial charge on any atom is 0.227 e. The summed E-state index contributed by atoms with van der Waals surface area (Å²) < 4.78 is 18.5. The lowest BCUT2D eigenvalue weighted by molar-refractivity contribution is -0.131.